The molecule has 1 atom stereocenters. The second kappa shape index (κ2) is 8.25. The van der Waals surface area contributed by atoms with Crippen molar-refractivity contribution in [2.45, 2.75) is 31.8 Å². The Morgan fingerprint density at radius 3 is 2.57 bits per heavy atom. The van der Waals surface area contributed by atoms with Crippen LogP contribution in [0.15, 0.2) is 54.7 Å². The van der Waals surface area contributed by atoms with E-state index in [2.05, 4.69) is 33.1 Å². The van der Waals surface area contributed by atoms with Gasteiger partial charge in [0.25, 0.3) is 0 Å². The Labute approximate surface area is 177 Å². The van der Waals surface area contributed by atoms with Crippen molar-refractivity contribution in [1.82, 2.24) is 14.8 Å². The van der Waals surface area contributed by atoms with Gasteiger partial charge in [-0.1, -0.05) is 36.4 Å². The fraction of sp³-hybridized carbons (Fsp3) is 0.400. The summed E-state index contributed by atoms with van der Waals surface area (Å²) in [4.78, 5) is 14.5. The number of hydrogen-bond acceptors (Lipinski definition) is 3. The lowest BCUT2D eigenvalue weighted by molar-refractivity contribution is 0.0699. The van der Waals surface area contributed by atoms with Gasteiger partial charge in [0.05, 0.1) is 5.56 Å². The smallest absolute Gasteiger partial charge is 0.336 e. The fourth-order valence-electron chi connectivity index (χ4n) is 5.31. The average Bonchev–Trinajstić information content (AvgIpc) is 3.13. The maximum atomic E-state index is 11.9. The quantitative estimate of drug-likeness (QED) is 0.633. The van der Waals surface area contributed by atoms with Crippen molar-refractivity contribution >= 4 is 16.9 Å². The fourth-order valence-corrected chi connectivity index (χ4v) is 5.31. The van der Waals surface area contributed by atoms with Crippen LogP contribution in [0.4, 0.5) is 0 Å². The van der Waals surface area contributed by atoms with Gasteiger partial charge in [-0.05, 0) is 68.1 Å². The van der Waals surface area contributed by atoms with Crippen molar-refractivity contribution in [3.05, 3.63) is 71.4 Å². The highest BCUT2D eigenvalue weighted by Crippen LogP contribution is 2.29. The molecule has 3 aliphatic heterocycles. The number of rotatable bonds is 7. The van der Waals surface area contributed by atoms with E-state index in [4.69, 9.17) is 0 Å². The Hall–Kier alpha value is -2.63. The number of fused-ring (bicyclic) bond motifs is 4. The summed E-state index contributed by atoms with van der Waals surface area (Å²) in [5.41, 5.74) is 3.73. The van der Waals surface area contributed by atoms with Crippen molar-refractivity contribution < 1.29 is 9.90 Å². The van der Waals surface area contributed by atoms with E-state index in [1.54, 1.807) is 6.07 Å². The van der Waals surface area contributed by atoms with Gasteiger partial charge in [-0.15, -0.1) is 0 Å². The number of carboxylic acid groups (broad SMARTS) is 1. The van der Waals surface area contributed by atoms with Crippen LogP contribution in [0, 0.1) is 5.92 Å². The number of carboxylic acids is 1. The molecule has 4 heterocycles. The minimum Gasteiger partial charge on any atom is -0.478 e. The molecule has 0 spiro atoms. The Morgan fingerprint density at radius 2 is 1.87 bits per heavy atom. The largest absolute Gasteiger partial charge is 0.478 e. The van der Waals surface area contributed by atoms with E-state index in [9.17, 15) is 9.90 Å². The van der Waals surface area contributed by atoms with E-state index in [1.165, 1.54) is 31.5 Å². The van der Waals surface area contributed by atoms with E-state index in [0.717, 1.165) is 48.4 Å². The first-order valence-corrected chi connectivity index (χ1v) is 11.0. The molecular formula is C25H29N3O2. The van der Waals surface area contributed by atoms with Gasteiger partial charge in [0.2, 0.25) is 0 Å². The Morgan fingerprint density at radius 1 is 1.07 bits per heavy atom. The van der Waals surface area contributed by atoms with Crippen LogP contribution in [0.2, 0.25) is 0 Å². The minimum absolute atomic E-state index is 0.400. The van der Waals surface area contributed by atoms with Gasteiger partial charge in [-0.2, -0.15) is 0 Å². The summed E-state index contributed by atoms with van der Waals surface area (Å²) in [5.74, 6) is -0.0614. The summed E-state index contributed by atoms with van der Waals surface area (Å²) in [6.45, 7) is 5.28. The predicted octanol–water partition coefficient (Wildman–Crippen LogP) is 3.61. The Kier molecular flexibility index (Phi) is 5.32. The number of nitrogens with one attached hydrogen (secondary N) is 1. The molecule has 2 N–H and O–H groups in total. The molecule has 0 unspecified atom stereocenters. The Balaban J connectivity index is 1.39. The van der Waals surface area contributed by atoms with E-state index in [-0.39, 0.29) is 0 Å². The Bertz CT molecular complexity index is 1040. The molecule has 156 valence electrons. The molecule has 0 radical (unpaired) electrons. The summed E-state index contributed by atoms with van der Waals surface area (Å²) in [6, 6.07) is 16.5. The van der Waals surface area contributed by atoms with Gasteiger partial charge in [-0.3, -0.25) is 0 Å². The maximum Gasteiger partial charge on any atom is 0.336 e. The van der Waals surface area contributed by atoms with Crippen LogP contribution in [0.1, 0.15) is 34.3 Å². The molecule has 0 aliphatic carbocycles. The van der Waals surface area contributed by atoms with Crippen LogP contribution in [-0.2, 0) is 13.0 Å². The first kappa shape index (κ1) is 19.3. The monoisotopic (exact) mass is 403 g/mol. The highest BCUT2D eigenvalue weighted by Gasteiger charge is 2.33. The van der Waals surface area contributed by atoms with Gasteiger partial charge in [0.1, 0.15) is 0 Å². The topological polar surface area (TPSA) is 57.5 Å². The highest BCUT2D eigenvalue weighted by molar-refractivity contribution is 6.04. The van der Waals surface area contributed by atoms with Crippen LogP contribution in [-0.4, -0.2) is 52.8 Å². The molecule has 0 amide bonds. The lowest BCUT2D eigenvalue weighted by Crippen LogP contribution is -2.56. The van der Waals surface area contributed by atoms with Crippen molar-refractivity contribution in [2.24, 2.45) is 5.92 Å². The molecular weight excluding hydrogens is 374 g/mol. The molecule has 5 heteroatoms. The number of benzene rings is 2. The van der Waals surface area contributed by atoms with Crippen LogP contribution >= 0.6 is 0 Å². The zero-order valence-corrected chi connectivity index (χ0v) is 17.3. The van der Waals surface area contributed by atoms with Crippen molar-refractivity contribution in [3.8, 4) is 0 Å². The third kappa shape index (κ3) is 3.75. The first-order valence-electron chi connectivity index (χ1n) is 11.0. The molecule has 3 saturated heterocycles. The molecule has 6 rings (SSSR count). The third-order valence-electron chi connectivity index (χ3n) is 6.87. The standard InChI is InChI=1S/C25H29N3O2/c29-25(30)21-7-4-8-23-24(21)20(16-28(23)15-18-5-2-1-3-6-18)9-12-26-22-17-27-13-10-19(22)11-14-27/h1-8,16,19,22,26H,9-15,17H2,(H,29,30)/t22-/m1/s1. The maximum absolute atomic E-state index is 11.9. The molecule has 2 aromatic carbocycles. The summed E-state index contributed by atoms with van der Waals surface area (Å²) < 4.78 is 2.20. The van der Waals surface area contributed by atoms with E-state index in [0.29, 0.717) is 11.6 Å². The molecule has 5 nitrogen and oxygen atoms in total. The molecule has 1 aromatic heterocycles. The molecule has 3 aromatic rings. The molecule has 3 aliphatic rings. The van der Waals surface area contributed by atoms with E-state index >= 15 is 0 Å². The number of aromatic nitrogens is 1. The number of nitrogens with zero attached hydrogens (tertiary/aromatic N) is 2. The zero-order chi connectivity index (χ0) is 20.5. The van der Waals surface area contributed by atoms with Crippen molar-refractivity contribution in [2.75, 3.05) is 26.2 Å². The third-order valence-corrected chi connectivity index (χ3v) is 6.87. The van der Waals surface area contributed by atoms with Crippen LogP contribution in [0.25, 0.3) is 10.9 Å². The van der Waals surface area contributed by atoms with Crippen LogP contribution < -0.4 is 5.32 Å². The molecule has 3 fully saturated rings. The number of aromatic carboxylic acids is 1. The molecule has 0 saturated carbocycles. The lowest BCUT2D eigenvalue weighted by atomic mass is 9.84. The van der Waals surface area contributed by atoms with Crippen molar-refractivity contribution in [1.29, 1.82) is 0 Å². The average molecular weight is 404 g/mol. The second-order valence-corrected chi connectivity index (χ2v) is 8.72. The second-order valence-electron chi connectivity index (χ2n) is 8.72. The molecule has 2 bridgehead atoms. The van der Waals surface area contributed by atoms with Crippen LogP contribution in [0.5, 0.6) is 0 Å². The van der Waals surface area contributed by atoms with Gasteiger partial charge >= 0.3 is 5.97 Å². The lowest BCUT2D eigenvalue weighted by Gasteiger charge is -2.45. The van der Waals surface area contributed by atoms with Crippen LogP contribution in [0.3, 0.4) is 0 Å². The first-order chi connectivity index (χ1) is 14.7. The van der Waals surface area contributed by atoms with E-state index < -0.39 is 5.97 Å². The van der Waals surface area contributed by atoms with E-state index in [1.807, 2.05) is 30.3 Å². The number of piperidine rings is 3. The van der Waals surface area contributed by atoms with Gasteiger partial charge in [-0.25, -0.2) is 4.79 Å². The van der Waals surface area contributed by atoms with Gasteiger partial charge < -0.3 is 19.9 Å². The predicted molar refractivity (Wildman–Crippen MR) is 119 cm³/mol. The number of carbonyl (C=O) groups is 1. The zero-order valence-electron chi connectivity index (χ0n) is 17.3. The summed E-state index contributed by atoms with van der Waals surface area (Å²) in [6.07, 6.45) is 5.60. The SMILES string of the molecule is O=C(O)c1cccc2c1c(CCN[C@@H]1CN3CCC1CC3)cn2Cc1ccccc1. The summed E-state index contributed by atoms with van der Waals surface area (Å²) >= 11 is 0. The summed E-state index contributed by atoms with van der Waals surface area (Å²) in [7, 11) is 0. The number of hydrogen-bond donors (Lipinski definition) is 2. The van der Waals surface area contributed by atoms with Crippen molar-refractivity contribution in [3.63, 3.8) is 0 Å². The minimum atomic E-state index is -0.857. The summed E-state index contributed by atoms with van der Waals surface area (Å²) in [5, 5.41) is 14.4. The van der Waals surface area contributed by atoms with Gasteiger partial charge in [0.15, 0.2) is 0 Å². The highest BCUT2D eigenvalue weighted by atomic mass is 16.4. The normalized spacial score (nSPS) is 23.1. The van der Waals surface area contributed by atoms with Gasteiger partial charge in [0, 0.05) is 36.2 Å². The molecule has 30 heavy (non-hydrogen) atoms.